The Morgan fingerprint density at radius 2 is 1.65 bits per heavy atom. The Kier molecular flexibility index (Phi) is 2.89. The molecule has 2 heteroatoms. The Labute approximate surface area is 137 Å². The first-order chi connectivity index (χ1) is 11.3. The summed E-state index contributed by atoms with van der Waals surface area (Å²) in [5.74, 6) is 0. The monoisotopic (exact) mass is 302 g/mol. The molecule has 2 nitrogen and oxygen atoms in total. The summed E-state index contributed by atoms with van der Waals surface area (Å²) in [6.07, 6.45) is 4.45. The molecule has 1 fully saturated rings. The second-order valence-electron chi connectivity index (χ2n) is 6.97. The second kappa shape index (κ2) is 4.97. The molecule has 0 spiro atoms. The van der Waals surface area contributed by atoms with Crippen LogP contribution in [0.4, 0.5) is 5.69 Å². The van der Waals surface area contributed by atoms with Gasteiger partial charge in [0.05, 0.1) is 0 Å². The van der Waals surface area contributed by atoms with Crippen molar-refractivity contribution in [2.45, 2.75) is 25.4 Å². The van der Waals surface area contributed by atoms with E-state index in [4.69, 9.17) is 0 Å². The van der Waals surface area contributed by atoms with Crippen LogP contribution in [0.3, 0.4) is 0 Å². The summed E-state index contributed by atoms with van der Waals surface area (Å²) < 4.78 is 0. The van der Waals surface area contributed by atoms with Crippen molar-refractivity contribution < 1.29 is 0 Å². The Bertz CT molecular complexity index is 893. The molecule has 2 heterocycles. The first kappa shape index (κ1) is 13.4. The first-order valence-corrected chi connectivity index (χ1v) is 8.76. The lowest BCUT2D eigenvalue weighted by Gasteiger charge is -2.37. The largest absolute Gasteiger partial charge is 0.354 e. The smallest absolute Gasteiger partial charge is 0.109 e. The van der Waals surface area contributed by atoms with Crippen molar-refractivity contribution in [3.8, 4) is 0 Å². The molecule has 0 aliphatic carbocycles. The first-order valence-electron chi connectivity index (χ1n) is 8.76. The van der Waals surface area contributed by atoms with Crippen molar-refractivity contribution in [1.82, 2.24) is 4.90 Å². The van der Waals surface area contributed by atoms with Gasteiger partial charge in [-0.3, -0.25) is 4.90 Å². The molecule has 23 heavy (non-hydrogen) atoms. The number of nitrogens with zero attached hydrogens (tertiary/aromatic N) is 2. The van der Waals surface area contributed by atoms with Crippen LogP contribution in [0.5, 0.6) is 0 Å². The lowest BCUT2D eigenvalue weighted by molar-refractivity contribution is 0.166. The molecule has 5 rings (SSSR count). The molecule has 0 radical (unpaired) electrons. The number of hydrogen-bond acceptors (Lipinski definition) is 2. The van der Waals surface area contributed by atoms with E-state index in [-0.39, 0.29) is 0 Å². The Balaban J connectivity index is 1.80. The van der Waals surface area contributed by atoms with E-state index in [9.17, 15) is 0 Å². The maximum atomic E-state index is 2.67. The summed E-state index contributed by atoms with van der Waals surface area (Å²) >= 11 is 0. The molecule has 0 amide bonds. The summed E-state index contributed by atoms with van der Waals surface area (Å²) in [6, 6.07) is 18.0. The molecule has 116 valence electrons. The third-order valence-electron chi connectivity index (χ3n) is 5.65. The average Bonchev–Trinajstić information content (AvgIpc) is 2.89. The third-order valence-corrected chi connectivity index (χ3v) is 5.65. The number of rotatable bonds is 1. The molecule has 3 aromatic carbocycles. The van der Waals surface area contributed by atoms with Gasteiger partial charge in [0.1, 0.15) is 6.17 Å². The molecule has 2 aliphatic heterocycles. The molecule has 2 aliphatic rings. The minimum atomic E-state index is 0.403. The lowest BCUT2D eigenvalue weighted by Crippen LogP contribution is -2.40. The van der Waals surface area contributed by atoms with Crippen molar-refractivity contribution in [2.75, 3.05) is 25.0 Å². The van der Waals surface area contributed by atoms with Crippen LogP contribution < -0.4 is 4.90 Å². The van der Waals surface area contributed by atoms with Gasteiger partial charge in [0, 0.05) is 31.2 Å². The summed E-state index contributed by atoms with van der Waals surface area (Å²) in [6.45, 7) is 2.44. The predicted octanol–water partition coefficient (Wildman–Crippen LogP) is 4.93. The van der Waals surface area contributed by atoms with Crippen LogP contribution in [0.1, 0.15) is 31.0 Å². The van der Waals surface area contributed by atoms with E-state index in [1.54, 1.807) is 0 Å². The van der Waals surface area contributed by atoms with E-state index < -0.39 is 0 Å². The van der Waals surface area contributed by atoms with Gasteiger partial charge in [0.15, 0.2) is 0 Å². The van der Waals surface area contributed by atoms with Gasteiger partial charge in [-0.05, 0) is 46.7 Å². The van der Waals surface area contributed by atoms with Crippen LogP contribution in [0.15, 0.2) is 48.5 Å². The maximum absolute atomic E-state index is 2.67. The zero-order valence-electron chi connectivity index (χ0n) is 13.6. The van der Waals surface area contributed by atoms with Crippen LogP contribution in [0, 0.1) is 0 Å². The summed E-state index contributed by atoms with van der Waals surface area (Å²) in [7, 11) is 2.26. The number of anilines is 1. The van der Waals surface area contributed by atoms with Crippen LogP contribution in [-0.4, -0.2) is 25.0 Å². The number of benzene rings is 3. The molecular weight excluding hydrogens is 280 g/mol. The molecule has 0 saturated carbocycles. The second-order valence-corrected chi connectivity index (χ2v) is 6.97. The Morgan fingerprint density at radius 3 is 2.52 bits per heavy atom. The maximum Gasteiger partial charge on any atom is 0.109 e. The zero-order valence-corrected chi connectivity index (χ0v) is 13.6. The van der Waals surface area contributed by atoms with Crippen LogP contribution >= 0.6 is 0 Å². The molecule has 0 N–H and O–H groups in total. The number of hydrogen-bond donors (Lipinski definition) is 0. The van der Waals surface area contributed by atoms with Crippen molar-refractivity contribution >= 4 is 27.2 Å². The van der Waals surface area contributed by atoms with Crippen LogP contribution in [0.2, 0.25) is 0 Å². The van der Waals surface area contributed by atoms with Crippen molar-refractivity contribution in [3.63, 3.8) is 0 Å². The van der Waals surface area contributed by atoms with Gasteiger partial charge in [-0.25, -0.2) is 0 Å². The van der Waals surface area contributed by atoms with E-state index in [0.29, 0.717) is 6.17 Å². The van der Waals surface area contributed by atoms with E-state index in [1.807, 2.05) is 0 Å². The Morgan fingerprint density at radius 1 is 0.870 bits per heavy atom. The van der Waals surface area contributed by atoms with Gasteiger partial charge < -0.3 is 4.90 Å². The highest BCUT2D eigenvalue weighted by Crippen LogP contribution is 2.47. The van der Waals surface area contributed by atoms with Crippen LogP contribution in [0.25, 0.3) is 21.5 Å². The van der Waals surface area contributed by atoms with Gasteiger partial charge in [-0.15, -0.1) is 0 Å². The van der Waals surface area contributed by atoms with Gasteiger partial charge in [-0.2, -0.15) is 0 Å². The van der Waals surface area contributed by atoms with Gasteiger partial charge >= 0.3 is 0 Å². The minimum absolute atomic E-state index is 0.403. The van der Waals surface area contributed by atoms with Crippen molar-refractivity contribution in [3.05, 3.63) is 54.1 Å². The number of likely N-dealkylation sites (tertiary alicyclic amines) is 1. The molecule has 1 unspecified atom stereocenters. The fourth-order valence-corrected chi connectivity index (χ4v) is 4.62. The summed E-state index contributed by atoms with van der Waals surface area (Å²) in [5, 5.41) is 5.61. The van der Waals surface area contributed by atoms with Crippen molar-refractivity contribution in [2.24, 2.45) is 0 Å². The Hall–Kier alpha value is -2.06. The third kappa shape index (κ3) is 1.85. The minimum Gasteiger partial charge on any atom is -0.354 e. The SMILES string of the molecule is CN1c2cccc3c2c(cc2ccccc23)C1N1CCCCC1. The fraction of sp³-hybridized carbons (Fsp3) is 0.333. The van der Waals surface area contributed by atoms with Gasteiger partial charge in [0.25, 0.3) is 0 Å². The molecule has 3 aromatic rings. The van der Waals surface area contributed by atoms with E-state index in [1.165, 1.54) is 65.1 Å². The van der Waals surface area contributed by atoms with Crippen LogP contribution in [-0.2, 0) is 0 Å². The molecule has 1 atom stereocenters. The fourth-order valence-electron chi connectivity index (χ4n) is 4.62. The molecule has 1 saturated heterocycles. The van der Waals surface area contributed by atoms with Gasteiger partial charge in [-0.1, -0.05) is 42.8 Å². The van der Waals surface area contributed by atoms with Gasteiger partial charge in [0.2, 0.25) is 0 Å². The quantitative estimate of drug-likeness (QED) is 0.588. The summed E-state index contributed by atoms with van der Waals surface area (Å²) in [5.41, 5.74) is 2.89. The number of fused-ring (bicyclic) bond motifs is 2. The zero-order chi connectivity index (χ0) is 15.4. The normalized spacial score (nSPS) is 21.4. The highest BCUT2D eigenvalue weighted by molar-refractivity contribution is 6.14. The molecule has 0 aromatic heterocycles. The highest BCUT2D eigenvalue weighted by atomic mass is 15.4. The van der Waals surface area contributed by atoms with E-state index in [2.05, 4.69) is 65.4 Å². The van der Waals surface area contributed by atoms with Crippen molar-refractivity contribution in [1.29, 1.82) is 0 Å². The summed E-state index contributed by atoms with van der Waals surface area (Å²) in [4.78, 5) is 5.16. The average molecular weight is 302 g/mol. The van der Waals surface area contributed by atoms with E-state index in [0.717, 1.165) is 0 Å². The molecular formula is C21H22N2. The lowest BCUT2D eigenvalue weighted by atomic mass is 9.96. The highest BCUT2D eigenvalue weighted by Gasteiger charge is 2.34. The molecule has 0 bridgehead atoms. The predicted molar refractivity (Wildman–Crippen MR) is 98.0 cm³/mol. The number of piperidine rings is 1. The van der Waals surface area contributed by atoms with E-state index >= 15 is 0 Å². The standard InChI is InChI=1S/C21H22N2/c1-22-19-11-7-10-17-16-9-4-3-8-15(16)14-18(20(17)19)21(22)23-12-5-2-6-13-23/h3-4,7-11,14,21H,2,5-6,12-13H2,1H3. The topological polar surface area (TPSA) is 6.48 Å².